The lowest BCUT2D eigenvalue weighted by atomic mass is 10.1. The van der Waals surface area contributed by atoms with Crippen LogP contribution in [-0.4, -0.2) is 22.7 Å². The molecule has 0 saturated heterocycles. The van der Waals surface area contributed by atoms with Crippen molar-refractivity contribution in [3.8, 4) is 17.4 Å². The van der Waals surface area contributed by atoms with Gasteiger partial charge >= 0.3 is 0 Å². The molecule has 0 fully saturated rings. The molecule has 4 aromatic rings. The van der Waals surface area contributed by atoms with Crippen molar-refractivity contribution < 1.29 is 14.6 Å². The molecule has 0 unspecified atom stereocenters. The SMILES string of the molecule is Cc1cccc(N=Cc2c(O)n(Cc3ccc4c(c3)OCO4)c(=O)c3ccccc23)c1. The van der Waals surface area contributed by atoms with Gasteiger partial charge in [-0.25, -0.2) is 0 Å². The zero-order valence-corrected chi connectivity index (χ0v) is 16.9. The monoisotopic (exact) mass is 412 g/mol. The minimum absolute atomic E-state index is 0.127. The van der Waals surface area contributed by atoms with Crippen molar-refractivity contribution in [2.75, 3.05) is 6.79 Å². The third-order valence-corrected chi connectivity index (χ3v) is 5.31. The number of benzene rings is 3. The highest BCUT2D eigenvalue weighted by Crippen LogP contribution is 2.33. The van der Waals surface area contributed by atoms with E-state index in [1.807, 2.05) is 61.5 Å². The predicted octanol–water partition coefficient (Wildman–Crippen LogP) is 4.54. The second-order valence-corrected chi connectivity index (χ2v) is 7.46. The van der Waals surface area contributed by atoms with Gasteiger partial charge in [0, 0.05) is 17.0 Å². The van der Waals surface area contributed by atoms with Gasteiger partial charge < -0.3 is 14.6 Å². The fraction of sp³-hybridized carbons (Fsp3) is 0.120. The first-order valence-electron chi connectivity index (χ1n) is 9.94. The van der Waals surface area contributed by atoms with E-state index in [0.29, 0.717) is 27.8 Å². The predicted molar refractivity (Wildman–Crippen MR) is 120 cm³/mol. The molecule has 0 bridgehead atoms. The number of fused-ring (bicyclic) bond motifs is 2. The van der Waals surface area contributed by atoms with E-state index in [0.717, 1.165) is 16.8 Å². The van der Waals surface area contributed by atoms with Crippen molar-refractivity contribution in [2.24, 2.45) is 4.99 Å². The number of hydrogen-bond acceptors (Lipinski definition) is 5. The second kappa shape index (κ2) is 7.65. The minimum atomic E-state index is -0.265. The van der Waals surface area contributed by atoms with Gasteiger partial charge in [0.2, 0.25) is 12.7 Å². The Balaban J connectivity index is 1.63. The summed E-state index contributed by atoms with van der Waals surface area (Å²) >= 11 is 0. The number of aromatic hydroxyl groups is 1. The molecule has 3 aromatic carbocycles. The molecule has 1 aliphatic heterocycles. The quantitative estimate of drug-likeness (QED) is 0.500. The molecule has 1 N–H and O–H groups in total. The van der Waals surface area contributed by atoms with Gasteiger partial charge in [0.05, 0.1) is 17.8 Å². The highest BCUT2D eigenvalue weighted by molar-refractivity contribution is 6.02. The number of ether oxygens (including phenoxy) is 2. The first-order chi connectivity index (χ1) is 15.1. The number of hydrogen-bond donors (Lipinski definition) is 1. The molecule has 0 radical (unpaired) electrons. The standard InChI is InChI=1S/C25H20N2O4/c1-16-5-4-6-18(11-16)26-13-21-19-7-2-3-8-20(19)24(28)27(25(21)29)14-17-9-10-22-23(12-17)31-15-30-22/h2-13,29H,14-15H2,1H3. The summed E-state index contributed by atoms with van der Waals surface area (Å²) in [6, 6.07) is 20.5. The Kier molecular flexibility index (Phi) is 4.67. The maximum atomic E-state index is 13.2. The Morgan fingerprint density at radius 3 is 2.65 bits per heavy atom. The lowest BCUT2D eigenvalue weighted by molar-refractivity contribution is 0.174. The molecule has 5 rings (SSSR count). The summed E-state index contributed by atoms with van der Waals surface area (Å²) < 4.78 is 12.1. The van der Waals surface area contributed by atoms with Crippen LogP contribution in [-0.2, 0) is 6.54 Å². The number of rotatable bonds is 4. The Morgan fingerprint density at radius 2 is 1.81 bits per heavy atom. The first-order valence-corrected chi connectivity index (χ1v) is 9.94. The molecule has 154 valence electrons. The number of aromatic nitrogens is 1. The van der Waals surface area contributed by atoms with Gasteiger partial charge in [0.25, 0.3) is 5.56 Å². The molecule has 0 atom stereocenters. The van der Waals surface area contributed by atoms with E-state index in [4.69, 9.17) is 9.47 Å². The van der Waals surface area contributed by atoms with Crippen LogP contribution < -0.4 is 15.0 Å². The van der Waals surface area contributed by atoms with Gasteiger partial charge in [0.1, 0.15) is 0 Å². The largest absolute Gasteiger partial charge is 0.494 e. The molecule has 2 heterocycles. The van der Waals surface area contributed by atoms with E-state index in [9.17, 15) is 9.90 Å². The Labute approximate surface area is 178 Å². The molecular weight excluding hydrogens is 392 g/mol. The third-order valence-electron chi connectivity index (χ3n) is 5.31. The van der Waals surface area contributed by atoms with Crippen LogP contribution in [0.15, 0.2) is 76.5 Å². The summed E-state index contributed by atoms with van der Waals surface area (Å²) in [6.07, 6.45) is 1.61. The highest BCUT2D eigenvalue weighted by Gasteiger charge is 2.17. The average Bonchev–Trinajstić information content (AvgIpc) is 3.25. The van der Waals surface area contributed by atoms with E-state index >= 15 is 0 Å². The molecule has 31 heavy (non-hydrogen) atoms. The Morgan fingerprint density at radius 1 is 1.00 bits per heavy atom. The van der Waals surface area contributed by atoms with Gasteiger partial charge in [-0.15, -0.1) is 0 Å². The molecular formula is C25H20N2O4. The smallest absolute Gasteiger partial charge is 0.261 e. The topological polar surface area (TPSA) is 73.1 Å². The zero-order chi connectivity index (χ0) is 21.4. The van der Waals surface area contributed by atoms with E-state index in [-0.39, 0.29) is 24.8 Å². The summed E-state index contributed by atoms with van der Waals surface area (Å²) in [7, 11) is 0. The fourth-order valence-electron chi connectivity index (χ4n) is 3.76. The van der Waals surface area contributed by atoms with Gasteiger partial charge in [-0.3, -0.25) is 14.4 Å². The molecule has 0 spiro atoms. The summed E-state index contributed by atoms with van der Waals surface area (Å²) in [5.74, 6) is 1.18. The summed E-state index contributed by atoms with van der Waals surface area (Å²) in [6.45, 7) is 2.37. The number of nitrogens with zero attached hydrogens (tertiary/aromatic N) is 2. The molecule has 1 aromatic heterocycles. The Hall–Kier alpha value is -4.06. The van der Waals surface area contributed by atoms with Crippen LogP contribution in [0.2, 0.25) is 0 Å². The molecule has 0 amide bonds. The molecule has 1 aliphatic rings. The van der Waals surface area contributed by atoms with Crippen LogP contribution in [0.3, 0.4) is 0 Å². The van der Waals surface area contributed by atoms with Crippen molar-refractivity contribution in [3.05, 3.63) is 93.8 Å². The lowest BCUT2D eigenvalue weighted by Gasteiger charge is -2.14. The summed E-state index contributed by atoms with van der Waals surface area (Å²) in [5.41, 5.74) is 2.92. The van der Waals surface area contributed by atoms with Gasteiger partial charge in [-0.2, -0.15) is 0 Å². The Bertz CT molecular complexity index is 1390. The van der Waals surface area contributed by atoms with Gasteiger partial charge in [-0.1, -0.05) is 36.4 Å². The van der Waals surface area contributed by atoms with Gasteiger partial charge in [0.15, 0.2) is 11.5 Å². The minimum Gasteiger partial charge on any atom is -0.494 e. The number of pyridine rings is 1. The van der Waals surface area contributed by atoms with E-state index in [1.54, 1.807) is 18.3 Å². The second-order valence-electron chi connectivity index (χ2n) is 7.46. The zero-order valence-electron chi connectivity index (χ0n) is 16.9. The molecule has 0 saturated carbocycles. The molecule has 6 nitrogen and oxygen atoms in total. The van der Waals surface area contributed by atoms with Crippen LogP contribution in [0.5, 0.6) is 17.4 Å². The molecule has 6 heteroatoms. The van der Waals surface area contributed by atoms with Crippen LogP contribution in [0.25, 0.3) is 10.8 Å². The summed E-state index contributed by atoms with van der Waals surface area (Å²) in [4.78, 5) is 17.7. The molecule has 0 aliphatic carbocycles. The maximum absolute atomic E-state index is 13.2. The van der Waals surface area contributed by atoms with Crippen molar-refractivity contribution in [1.29, 1.82) is 0 Å². The van der Waals surface area contributed by atoms with Crippen molar-refractivity contribution >= 4 is 22.7 Å². The number of aliphatic imine (C=N–C) groups is 1. The van der Waals surface area contributed by atoms with Crippen LogP contribution in [0.4, 0.5) is 5.69 Å². The third kappa shape index (κ3) is 3.53. The van der Waals surface area contributed by atoms with E-state index in [1.165, 1.54) is 4.57 Å². The van der Waals surface area contributed by atoms with Crippen LogP contribution >= 0.6 is 0 Å². The van der Waals surface area contributed by atoms with E-state index < -0.39 is 0 Å². The van der Waals surface area contributed by atoms with Crippen molar-refractivity contribution in [2.45, 2.75) is 13.5 Å². The maximum Gasteiger partial charge on any atom is 0.261 e. The van der Waals surface area contributed by atoms with Crippen molar-refractivity contribution in [3.63, 3.8) is 0 Å². The van der Waals surface area contributed by atoms with Gasteiger partial charge in [-0.05, 0) is 48.4 Å². The normalized spacial score (nSPS) is 12.7. The van der Waals surface area contributed by atoms with Crippen molar-refractivity contribution in [1.82, 2.24) is 4.57 Å². The van der Waals surface area contributed by atoms with Crippen LogP contribution in [0, 0.1) is 6.92 Å². The summed E-state index contributed by atoms with van der Waals surface area (Å²) in [5, 5.41) is 12.2. The average molecular weight is 412 g/mol. The first kappa shape index (κ1) is 18.9. The highest BCUT2D eigenvalue weighted by atomic mass is 16.7. The number of aryl methyl sites for hydroxylation is 1. The van der Waals surface area contributed by atoms with Crippen LogP contribution in [0.1, 0.15) is 16.7 Å². The van der Waals surface area contributed by atoms with E-state index in [2.05, 4.69) is 4.99 Å². The lowest BCUT2D eigenvalue weighted by Crippen LogP contribution is -2.22. The fourth-order valence-corrected chi connectivity index (χ4v) is 3.76.